The van der Waals surface area contributed by atoms with Gasteiger partial charge in [-0.1, -0.05) is 15.9 Å². The number of hydrogen-bond donors (Lipinski definition) is 1. The molecule has 1 amide bonds. The molecular formula is C13H11BrFNOS. The lowest BCUT2D eigenvalue weighted by molar-refractivity contribution is 0.102. The van der Waals surface area contributed by atoms with Crippen molar-refractivity contribution in [2.75, 3.05) is 5.32 Å². The van der Waals surface area contributed by atoms with E-state index in [9.17, 15) is 9.18 Å². The van der Waals surface area contributed by atoms with Gasteiger partial charge >= 0.3 is 0 Å². The number of amides is 1. The lowest BCUT2D eigenvalue weighted by Crippen LogP contribution is -2.13. The van der Waals surface area contributed by atoms with Gasteiger partial charge in [0.15, 0.2) is 0 Å². The summed E-state index contributed by atoms with van der Waals surface area (Å²) >= 11 is 4.72. The second-order valence-electron chi connectivity index (χ2n) is 3.91. The Labute approximate surface area is 117 Å². The predicted octanol–water partition coefficient (Wildman–Crippen LogP) is 4.52. The second kappa shape index (κ2) is 5.20. The Hall–Kier alpha value is -1.20. The maximum Gasteiger partial charge on any atom is 0.256 e. The molecule has 0 aliphatic heterocycles. The summed E-state index contributed by atoms with van der Waals surface area (Å²) in [6.07, 6.45) is 0. The lowest BCUT2D eigenvalue weighted by Gasteiger charge is -2.06. The molecule has 1 aromatic heterocycles. The highest BCUT2D eigenvalue weighted by atomic mass is 79.9. The fourth-order valence-corrected chi connectivity index (χ4v) is 2.89. The molecule has 1 heterocycles. The number of carbonyl (C=O) groups is 1. The molecule has 0 fully saturated rings. The highest BCUT2D eigenvalue weighted by Gasteiger charge is 2.13. The number of aryl methyl sites for hydroxylation is 2. The summed E-state index contributed by atoms with van der Waals surface area (Å²) in [5, 5.41) is 2.58. The monoisotopic (exact) mass is 327 g/mol. The molecular weight excluding hydrogens is 317 g/mol. The number of benzene rings is 1. The SMILES string of the molecule is Cc1cc(C(=O)Nc2ccc(Br)cc2F)c(C)s1. The van der Waals surface area contributed by atoms with Gasteiger partial charge in [0.25, 0.3) is 5.91 Å². The Bertz CT molecular complexity index is 609. The van der Waals surface area contributed by atoms with Crippen LogP contribution in [0.5, 0.6) is 0 Å². The number of carbonyl (C=O) groups excluding carboxylic acids is 1. The van der Waals surface area contributed by atoms with E-state index < -0.39 is 5.82 Å². The van der Waals surface area contributed by atoms with E-state index in [2.05, 4.69) is 21.2 Å². The van der Waals surface area contributed by atoms with E-state index in [0.717, 1.165) is 9.75 Å². The van der Waals surface area contributed by atoms with Gasteiger partial charge in [-0.25, -0.2) is 4.39 Å². The molecule has 0 spiro atoms. The van der Waals surface area contributed by atoms with Crippen LogP contribution in [0.2, 0.25) is 0 Å². The Kier molecular flexibility index (Phi) is 3.82. The van der Waals surface area contributed by atoms with Gasteiger partial charge in [-0.15, -0.1) is 11.3 Å². The van der Waals surface area contributed by atoms with Crippen molar-refractivity contribution < 1.29 is 9.18 Å². The van der Waals surface area contributed by atoms with E-state index in [1.54, 1.807) is 17.4 Å². The molecule has 2 rings (SSSR count). The third-order valence-corrected chi connectivity index (χ3v) is 3.92. The summed E-state index contributed by atoms with van der Waals surface area (Å²) in [6.45, 7) is 3.82. The third kappa shape index (κ3) is 2.79. The Morgan fingerprint density at radius 3 is 2.61 bits per heavy atom. The zero-order chi connectivity index (χ0) is 13.3. The van der Waals surface area contributed by atoms with Crippen molar-refractivity contribution in [3.05, 3.63) is 49.9 Å². The summed E-state index contributed by atoms with van der Waals surface area (Å²) in [7, 11) is 0. The molecule has 0 aliphatic carbocycles. The van der Waals surface area contributed by atoms with E-state index in [1.165, 1.54) is 12.1 Å². The molecule has 0 bridgehead atoms. The molecule has 1 aromatic carbocycles. The molecule has 18 heavy (non-hydrogen) atoms. The van der Waals surface area contributed by atoms with E-state index in [-0.39, 0.29) is 11.6 Å². The number of rotatable bonds is 2. The first-order valence-electron chi connectivity index (χ1n) is 5.31. The summed E-state index contributed by atoms with van der Waals surface area (Å²) in [5.41, 5.74) is 0.784. The lowest BCUT2D eigenvalue weighted by atomic mass is 10.2. The van der Waals surface area contributed by atoms with Crippen LogP contribution in [0.15, 0.2) is 28.7 Å². The topological polar surface area (TPSA) is 29.1 Å². The van der Waals surface area contributed by atoms with Crippen LogP contribution in [0.1, 0.15) is 20.1 Å². The summed E-state index contributed by atoms with van der Waals surface area (Å²) in [6, 6.07) is 6.35. The van der Waals surface area contributed by atoms with Gasteiger partial charge in [-0.2, -0.15) is 0 Å². The summed E-state index contributed by atoms with van der Waals surface area (Å²) < 4.78 is 14.2. The van der Waals surface area contributed by atoms with Crippen LogP contribution < -0.4 is 5.32 Å². The number of hydrogen-bond acceptors (Lipinski definition) is 2. The highest BCUT2D eigenvalue weighted by Crippen LogP contribution is 2.23. The molecule has 94 valence electrons. The van der Waals surface area contributed by atoms with Gasteiger partial charge < -0.3 is 5.32 Å². The minimum absolute atomic E-state index is 0.187. The van der Waals surface area contributed by atoms with Gasteiger partial charge in [0.05, 0.1) is 11.3 Å². The standard InChI is InChI=1S/C13H11BrFNOS/c1-7-5-10(8(2)18-7)13(17)16-12-4-3-9(14)6-11(12)15/h3-6H,1-2H3,(H,16,17). The van der Waals surface area contributed by atoms with Crippen LogP contribution in [-0.2, 0) is 0 Å². The fourth-order valence-electron chi connectivity index (χ4n) is 1.64. The number of anilines is 1. The number of halogens is 2. The van der Waals surface area contributed by atoms with Crippen molar-refractivity contribution in [2.45, 2.75) is 13.8 Å². The van der Waals surface area contributed by atoms with Gasteiger partial charge in [0.1, 0.15) is 5.82 Å². The molecule has 5 heteroatoms. The van der Waals surface area contributed by atoms with E-state index in [4.69, 9.17) is 0 Å². The van der Waals surface area contributed by atoms with E-state index in [0.29, 0.717) is 10.0 Å². The van der Waals surface area contributed by atoms with Crippen molar-refractivity contribution in [2.24, 2.45) is 0 Å². The van der Waals surface area contributed by atoms with Crippen LogP contribution in [0.25, 0.3) is 0 Å². The quantitative estimate of drug-likeness (QED) is 0.863. The van der Waals surface area contributed by atoms with Crippen molar-refractivity contribution in [3.63, 3.8) is 0 Å². The minimum Gasteiger partial charge on any atom is -0.319 e. The normalized spacial score (nSPS) is 10.4. The fraction of sp³-hybridized carbons (Fsp3) is 0.154. The smallest absolute Gasteiger partial charge is 0.256 e. The van der Waals surface area contributed by atoms with E-state index in [1.807, 2.05) is 19.9 Å². The molecule has 0 aliphatic rings. The largest absolute Gasteiger partial charge is 0.319 e. The molecule has 0 saturated carbocycles. The Morgan fingerprint density at radius 1 is 1.33 bits per heavy atom. The maximum atomic E-state index is 13.6. The predicted molar refractivity (Wildman–Crippen MR) is 75.8 cm³/mol. The van der Waals surface area contributed by atoms with Gasteiger partial charge in [0, 0.05) is 14.2 Å². The molecule has 0 atom stereocenters. The van der Waals surface area contributed by atoms with Crippen LogP contribution in [-0.4, -0.2) is 5.91 Å². The van der Waals surface area contributed by atoms with Crippen molar-refractivity contribution in [1.29, 1.82) is 0 Å². The average molecular weight is 328 g/mol. The highest BCUT2D eigenvalue weighted by molar-refractivity contribution is 9.10. The van der Waals surface area contributed by atoms with Crippen molar-refractivity contribution in [1.82, 2.24) is 0 Å². The van der Waals surface area contributed by atoms with Crippen LogP contribution in [0.4, 0.5) is 10.1 Å². The third-order valence-electron chi connectivity index (χ3n) is 2.46. The Balaban J connectivity index is 2.24. The number of thiophene rings is 1. The van der Waals surface area contributed by atoms with E-state index >= 15 is 0 Å². The average Bonchev–Trinajstić information content (AvgIpc) is 2.62. The van der Waals surface area contributed by atoms with Gasteiger partial charge in [-0.3, -0.25) is 4.79 Å². The second-order valence-corrected chi connectivity index (χ2v) is 6.28. The molecule has 0 saturated heterocycles. The molecule has 2 nitrogen and oxygen atoms in total. The zero-order valence-electron chi connectivity index (χ0n) is 9.88. The van der Waals surface area contributed by atoms with Crippen molar-refractivity contribution >= 4 is 38.9 Å². The first kappa shape index (κ1) is 13.2. The maximum absolute atomic E-state index is 13.6. The van der Waals surface area contributed by atoms with Crippen LogP contribution in [0, 0.1) is 19.7 Å². The van der Waals surface area contributed by atoms with Gasteiger partial charge in [0.2, 0.25) is 0 Å². The number of nitrogens with one attached hydrogen (secondary N) is 1. The first-order chi connectivity index (χ1) is 8.47. The molecule has 2 aromatic rings. The summed E-state index contributed by atoms with van der Waals surface area (Å²) in [5.74, 6) is -0.736. The van der Waals surface area contributed by atoms with Crippen LogP contribution >= 0.6 is 27.3 Å². The zero-order valence-corrected chi connectivity index (χ0v) is 12.3. The van der Waals surface area contributed by atoms with Gasteiger partial charge in [-0.05, 0) is 38.1 Å². The van der Waals surface area contributed by atoms with Crippen molar-refractivity contribution in [3.8, 4) is 0 Å². The molecule has 1 N–H and O–H groups in total. The molecule has 0 radical (unpaired) electrons. The first-order valence-corrected chi connectivity index (χ1v) is 6.92. The minimum atomic E-state index is -0.456. The summed E-state index contributed by atoms with van der Waals surface area (Å²) in [4.78, 5) is 14.0. The Morgan fingerprint density at radius 2 is 2.06 bits per heavy atom. The molecule has 0 unspecified atom stereocenters. The van der Waals surface area contributed by atoms with Crippen LogP contribution in [0.3, 0.4) is 0 Å².